The third-order valence-corrected chi connectivity index (χ3v) is 5.52. The highest BCUT2D eigenvalue weighted by Crippen LogP contribution is 2.26. The van der Waals surface area contributed by atoms with Crippen LogP contribution in [0.5, 0.6) is 0 Å². The number of aryl methyl sites for hydroxylation is 1. The minimum Gasteiger partial charge on any atom is -0.325 e. The third-order valence-electron chi connectivity index (χ3n) is 3.76. The molecule has 1 aromatic heterocycles. The molecule has 0 spiro atoms. The topological polar surface area (TPSA) is 59.8 Å². The van der Waals surface area contributed by atoms with Gasteiger partial charge >= 0.3 is 0 Å². The van der Waals surface area contributed by atoms with Gasteiger partial charge in [0.1, 0.15) is 0 Å². The van der Waals surface area contributed by atoms with E-state index in [2.05, 4.69) is 15.5 Å². The van der Waals surface area contributed by atoms with Crippen LogP contribution in [0, 0.1) is 6.92 Å². The molecule has 26 heavy (non-hydrogen) atoms. The number of nitrogens with one attached hydrogen (secondary N) is 1. The maximum absolute atomic E-state index is 12.2. The summed E-state index contributed by atoms with van der Waals surface area (Å²) in [6.45, 7) is 2.03. The van der Waals surface area contributed by atoms with Crippen LogP contribution in [0.3, 0.4) is 0 Å². The smallest absolute Gasteiger partial charge is 0.234 e. The van der Waals surface area contributed by atoms with Crippen molar-refractivity contribution in [2.75, 3.05) is 11.1 Å². The first-order valence-corrected chi connectivity index (χ1v) is 9.53. The van der Waals surface area contributed by atoms with E-state index < -0.39 is 0 Å². The van der Waals surface area contributed by atoms with Crippen molar-refractivity contribution in [1.29, 1.82) is 0 Å². The van der Waals surface area contributed by atoms with Crippen LogP contribution in [-0.4, -0.2) is 26.4 Å². The van der Waals surface area contributed by atoms with E-state index in [4.69, 9.17) is 23.2 Å². The van der Waals surface area contributed by atoms with Gasteiger partial charge in [0.15, 0.2) is 11.0 Å². The molecule has 0 fully saturated rings. The van der Waals surface area contributed by atoms with Crippen molar-refractivity contribution in [1.82, 2.24) is 14.8 Å². The number of aromatic nitrogens is 3. The lowest BCUT2D eigenvalue weighted by atomic mass is 10.1. The molecule has 0 aliphatic carbocycles. The third kappa shape index (κ3) is 4.20. The van der Waals surface area contributed by atoms with Crippen LogP contribution in [0.15, 0.2) is 47.6 Å². The molecule has 0 bridgehead atoms. The zero-order chi connectivity index (χ0) is 18.7. The van der Waals surface area contributed by atoms with E-state index >= 15 is 0 Å². The molecular weight excluding hydrogens is 391 g/mol. The summed E-state index contributed by atoms with van der Waals surface area (Å²) >= 11 is 13.1. The quantitative estimate of drug-likeness (QED) is 0.616. The lowest BCUT2D eigenvalue weighted by Crippen LogP contribution is -2.14. The molecule has 1 heterocycles. The van der Waals surface area contributed by atoms with E-state index in [1.54, 1.807) is 18.2 Å². The summed E-state index contributed by atoms with van der Waals surface area (Å²) in [6, 6.07) is 12.9. The second kappa shape index (κ2) is 8.12. The van der Waals surface area contributed by atoms with Crippen molar-refractivity contribution in [2.45, 2.75) is 12.1 Å². The summed E-state index contributed by atoms with van der Waals surface area (Å²) in [6.07, 6.45) is 0. The second-order valence-electron chi connectivity index (χ2n) is 5.65. The number of halogens is 2. The van der Waals surface area contributed by atoms with Crippen molar-refractivity contribution >= 4 is 46.6 Å². The van der Waals surface area contributed by atoms with Crippen molar-refractivity contribution in [3.05, 3.63) is 58.1 Å². The molecule has 134 valence electrons. The van der Waals surface area contributed by atoms with Crippen molar-refractivity contribution in [3.63, 3.8) is 0 Å². The second-order valence-corrected chi connectivity index (χ2v) is 7.40. The average Bonchev–Trinajstić information content (AvgIpc) is 2.97. The van der Waals surface area contributed by atoms with Gasteiger partial charge in [0, 0.05) is 18.3 Å². The minimum absolute atomic E-state index is 0.158. The Kier molecular flexibility index (Phi) is 5.86. The van der Waals surface area contributed by atoms with Crippen LogP contribution in [-0.2, 0) is 11.8 Å². The number of thioether (sulfide) groups is 1. The van der Waals surface area contributed by atoms with Gasteiger partial charge in [0.05, 0.1) is 15.8 Å². The molecule has 0 unspecified atom stereocenters. The van der Waals surface area contributed by atoms with Crippen LogP contribution in [0.2, 0.25) is 10.0 Å². The molecule has 0 saturated carbocycles. The molecule has 8 heteroatoms. The number of amides is 1. The minimum atomic E-state index is -0.158. The number of nitrogens with zero attached hydrogens (tertiary/aromatic N) is 3. The molecule has 0 aliphatic rings. The molecule has 3 rings (SSSR count). The number of hydrogen-bond acceptors (Lipinski definition) is 4. The Bertz CT molecular complexity index is 958. The Morgan fingerprint density at radius 2 is 1.92 bits per heavy atom. The predicted octanol–water partition coefficient (Wildman–Crippen LogP) is 4.83. The maximum atomic E-state index is 12.2. The van der Waals surface area contributed by atoms with Crippen molar-refractivity contribution < 1.29 is 4.79 Å². The van der Waals surface area contributed by atoms with E-state index in [-0.39, 0.29) is 11.7 Å². The van der Waals surface area contributed by atoms with Gasteiger partial charge in [-0.05, 0) is 30.7 Å². The molecule has 0 saturated heterocycles. The number of rotatable bonds is 5. The highest BCUT2D eigenvalue weighted by Gasteiger charge is 2.14. The van der Waals surface area contributed by atoms with Gasteiger partial charge in [-0.2, -0.15) is 0 Å². The van der Waals surface area contributed by atoms with Gasteiger partial charge in [-0.3, -0.25) is 4.79 Å². The van der Waals surface area contributed by atoms with E-state index in [9.17, 15) is 4.79 Å². The molecule has 0 aliphatic heterocycles. The van der Waals surface area contributed by atoms with Gasteiger partial charge in [-0.15, -0.1) is 10.2 Å². The molecule has 1 N–H and O–H groups in total. The molecular formula is C18H16Cl2N4OS. The monoisotopic (exact) mass is 406 g/mol. The van der Waals surface area contributed by atoms with Gasteiger partial charge in [-0.1, -0.05) is 59.2 Å². The molecule has 1 amide bonds. The number of benzene rings is 2. The Balaban J connectivity index is 1.66. The first-order valence-electron chi connectivity index (χ1n) is 7.79. The number of carbonyl (C=O) groups excluding carboxylic acids is 1. The summed E-state index contributed by atoms with van der Waals surface area (Å²) in [4.78, 5) is 12.2. The Morgan fingerprint density at radius 1 is 1.15 bits per heavy atom. The van der Waals surface area contributed by atoms with Crippen molar-refractivity contribution in [2.24, 2.45) is 7.05 Å². The van der Waals surface area contributed by atoms with Gasteiger partial charge in [0.25, 0.3) is 0 Å². The molecule has 5 nitrogen and oxygen atoms in total. The molecule has 2 aromatic carbocycles. The van der Waals surface area contributed by atoms with Crippen LogP contribution < -0.4 is 5.32 Å². The van der Waals surface area contributed by atoms with E-state index in [1.807, 2.05) is 42.8 Å². The molecule has 3 aromatic rings. The van der Waals surface area contributed by atoms with Gasteiger partial charge in [0.2, 0.25) is 5.91 Å². The van der Waals surface area contributed by atoms with E-state index in [0.29, 0.717) is 20.9 Å². The predicted molar refractivity (Wildman–Crippen MR) is 107 cm³/mol. The first-order chi connectivity index (χ1) is 12.5. The summed E-state index contributed by atoms with van der Waals surface area (Å²) in [5.41, 5.74) is 2.75. The van der Waals surface area contributed by atoms with Crippen LogP contribution >= 0.6 is 35.0 Å². The molecule has 0 radical (unpaired) electrons. The maximum Gasteiger partial charge on any atom is 0.234 e. The molecule has 0 atom stereocenters. The normalized spacial score (nSPS) is 10.8. The fourth-order valence-corrected chi connectivity index (χ4v) is 3.41. The number of anilines is 1. The lowest BCUT2D eigenvalue weighted by molar-refractivity contribution is -0.113. The first kappa shape index (κ1) is 18.8. The SMILES string of the molecule is Cc1ccccc1-c1nnc(SCC(=O)Nc2ccc(Cl)c(Cl)c2)n1C. The van der Waals surface area contributed by atoms with E-state index in [0.717, 1.165) is 17.0 Å². The Labute approximate surface area is 165 Å². The Hall–Kier alpha value is -2.02. The summed E-state index contributed by atoms with van der Waals surface area (Å²) in [5, 5.41) is 12.8. The van der Waals surface area contributed by atoms with Crippen LogP contribution in [0.25, 0.3) is 11.4 Å². The highest BCUT2D eigenvalue weighted by atomic mass is 35.5. The number of hydrogen-bond donors (Lipinski definition) is 1. The zero-order valence-electron chi connectivity index (χ0n) is 14.2. The van der Waals surface area contributed by atoms with Gasteiger partial charge in [-0.25, -0.2) is 0 Å². The zero-order valence-corrected chi connectivity index (χ0v) is 16.5. The summed E-state index contributed by atoms with van der Waals surface area (Å²) in [7, 11) is 1.89. The fourth-order valence-electron chi connectivity index (χ4n) is 2.40. The average molecular weight is 407 g/mol. The Morgan fingerprint density at radius 3 is 2.65 bits per heavy atom. The highest BCUT2D eigenvalue weighted by molar-refractivity contribution is 7.99. The van der Waals surface area contributed by atoms with Crippen LogP contribution in [0.4, 0.5) is 5.69 Å². The number of carbonyl (C=O) groups is 1. The fraction of sp³-hybridized carbons (Fsp3) is 0.167. The largest absolute Gasteiger partial charge is 0.325 e. The van der Waals surface area contributed by atoms with E-state index in [1.165, 1.54) is 11.8 Å². The standard InChI is InChI=1S/C18H16Cl2N4OS/c1-11-5-3-4-6-13(11)17-22-23-18(24(17)2)26-10-16(25)21-12-7-8-14(19)15(20)9-12/h3-9H,10H2,1-2H3,(H,21,25). The summed E-state index contributed by atoms with van der Waals surface area (Å²) in [5.74, 6) is 0.823. The van der Waals surface area contributed by atoms with Crippen molar-refractivity contribution in [3.8, 4) is 11.4 Å². The van der Waals surface area contributed by atoms with Gasteiger partial charge < -0.3 is 9.88 Å². The van der Waals surface area contributed by atoms with Crippen LogP contribution in [0.1, 0.15) is 5.56 Å². The summed E-state index contributed by atoms with van der Waals surface area (Å²) < 4.78 is 1.89. The lowest BCUT2D eigenvalue weighted by Gasteiger charge is -2.07.